The van der Waals surface area contributed by atoms with Crippen LogP contribution in [-0.4, -0.2) is 43.9 Å². The van der Waals surface area contributed by atoms with Gasteiger partial charge in [-0.3, -0.25) is 9.59 Å². The minimum absolute atomic E-state index is 0.0458. The number of hydrogen-bond acceptors (Lipinski definition) is 5. The molecule has 1 aromatic carbocycles. The van der Waals surface area contributed by atoms with Crippen molar-refractivity contribution < 1.29 is 22.7 Å². The summed E-state index contributed by atoms with van der Waals surface area (Å²) in [5, 5.41) is 5.54. The topological polar surface area (TPSA) is 102 Å². The number of amides is 2. The predicted octanol–water partition coefficient (Wildman–Crippen LogP) is 1.50. The quantitative estimate of drug-likeness (QED) is 0.728. The third-order valence-electron chi connectivity index (χ3n) is 4.68. The highest BCUT2D eigenvalue weighted by molar-refractivity contribution is 7.91. The highest BCUT2D eigenvalue weighted by Crippen LogP contribution is 2.47. The van der Waals surface area contributed by atoms with Gasteiger partial charge in [0, 0.05) is 6.04 Å². The summed E-state index contributed by atoms with van der Waals surface area (Å²) in [6.45, 7) is 3.79. The largest absolute Gasteiger partial charge is 0.489 e. The van der Waals surface area contributed by atoms with Gasteiger partial charge in [0.25, 0.3) is 0 Å². The van der Waals surface area contributed by atoms with Gasteiger partial charge in [0.1, 0.15) is 11.2 Å². The lowest BCUT2D eigenvalue weighted by atomic mass is 10.0. The minimum atomic E-state index is -3.08. The van der Waals surface area contributed by atoms with E-state index < -0.39 is 21.3 Å². The molecule has 2 amide bonds. The lowest BCUT2D eigenvalue weighted by Crippen LogP contribution is -2.45. The maximum atomic E-state index is 12.7. The van der Waals surface area contributed by atoms with Gasteiger partial charge in [-0.25, -0.2) is 8.42 Å². The Morgan fingerprint density at radius 3 is 2.46 bits per heavy atom. The summed E-state index contributed by atoms with van der Waals surface area (Å²) in [4.78, 5) is 25.3. The second-order valence-corrected chi connectivity index (χ2v) is 9.50. The van der Waals surface area contributed by atoms with Gasteiger partial charge in [-0.1, -0.05) is 12.1 Å². The van der Waals surface area contributed by atoms with Gasteiger partial charge in [0.15, 0.2) is 9.84 Å². The van der Waals surface area contributed by atoms with E-state index in [2.05, 4.69) is 10.6 Å². The van der Waals surface area contributed by atoms with Crippen molar-refractivity contribution >= 4 is 27.3 Å². The Hall–Kier alpha value is -2.09. The van der Waals surface area contributed by atoms with E-state index >= 15 is 0 Å². The average Bonchev–Trinajstić information content (AvgIpc) is 3.29. The van der Waals surface area contributed by atoms with Gasteiger partial charge in [-0.2, -0.15) is 0 Å². The van der Waals surface area contributed by atoms with Crippen molar-refractivity contribution in [2.75, 3.05) is 16.8 Å². The van der Waals surface area contributed by atoms with Gasteiger partial charge in [0.05, 0.1) is 23.3 Å². The first kappa shape index (κ1) is 18.7. The summed E-state index contributed by atoms with van der Waals surface area (Å²) in [7, 11) is -3.08. The van der Waals surface area contributed by atoms with Gasteiger partial charge in [-0.05, 0) is 45.2 Å². The predicted molar refractivity (Wildman–Crippen MR) is 97.7 cm³/mol. The summed E-state index contributed by atoms with van der Waals surface area (Å²) < 4.78 is 28.8. The molecule has 0 radical (unpaired) electrons. The Bertz CT molecular complexity index is 815. The number of carbonyl (C=O) groups is 2. The molecular weight excluding hydrogens is 356 g/mol. The van der Waals surface area contributed by atoms with Crippen LogP contribution >= 0.6 is 0 Å². The number of para-hydroxylation sites is 2. The molecule has 0 spiro atoms. The van der Waals surface area contributed by atoms with Crippen LogP contribution in [0.5, 0.6) is 5.75 Å². The summed E-state index contributed by atoms with van der Waals surface area (Å²) in [5.74, 6) is -0.192. The Morgan fingerprint density at radius 1 is 1.19 bits per heavy atom. The highest BCUT2D eigenvalue weighted by Gasteiger charge is 2.57. The Morgan fingerprint density at radius 2 is 1.88 bits per heavy atom. The van der Waals surface area contributed by atoms with Crippen molar-refractivity contribution in [3.05, 3.63) is 24.3 Å². The van der Waals surface area contributed by atoms with Crippen molar-refractivity contribution in [2.45, 2.75) is 45.3 Å². The molecule has 8 heteroatoms. The molecule has 1 saturated heterocycles. The second-order valence-electron chi connectivity index (χ2n) is 7.27. The van der Waals surface area contributed by atoms with Crippen molar-refractivity contribution in [1.29, 1.82) is 0 Å². The molecule has 2 aliphatic rings. The zero-order valence-electron chi connectivity index (χ0n) is 14.9. The molecule has 1 saturated carbocycles. The number of hydrogen-bond donors (Lipinski definition) is 2. The molecule has 3 rings (SSSR count). The van der Waals surface area contributed by atoms with Crippen LogP contribution in [0.4, 0.5) is 5.69 Å². The summed E-state index contributed by atoms with van der Waals surface area (Å²) >= 11 is 0. The van der Waals surface area contributed by atoms with Crippen LogP contribution in [0.15, 0.2) is 24.3 Å². The van der Waals surface area contributed by atoms with Gasteiger partial charge in [-0.15, -0.1) is 0 Å². The number of rotatable bonds is 6. The average molecular weight is 380 g/mol. The third kappa shape index (κ3) is 4.00. The molecule has 7 nitrogen and oxygen atoms in total. The van der Waals surface area contributed by atoms with Gasteiger partial charge < -0.3 is 15.4 Å². The first-order chi connectivity index (χ1) is 12.2. The van der Waals surface area contributed by atoms with Crippen LogP contribution < -0.4 is 15.4 Å². The zero-order valence-corrected chi connectivity index (χ0v) is 15.8. The molecule has 1 aromatic rings. The third-order valence-corrected chi connectivity index (χ3v) is 6.45. The summed E-state index contributed by atoms with van der Waals surface area (Å²) in [6.07, 6.45) is 1.27. The number of carbonyl (C=O) groups excluding carboxylic acids is 2. The highest BCUT2D eigenvalue weighted by atomic mass is 32.2. The van der Waals surface area contributed by atoms with Gasteiger partial charge >= 0.3 is 0 Å². The number of nitrogens with one attached hydrogen (secondary N) is 2. The fourth-order valence-electron chi connectivity index (χ4n) is 3.08. The van der Waals surface area contributed by atoms with E-state index in [9.17, 15) is 18.0 Å². The summed E-state index contributed by atoms with van der Waals surface area (Å²) in [5.41, 5.74) is -0.592. The second kappa shape index (κ2) is 6.90. The molecule has 142 valence electrons. The maximum absolute atomic E-state index is 12.7. The Kier molecular flexibility index (Phi) is 4.96. The molecule has 1 aliphatic carbocycles. The van der Waals surface area contributed by atoms with E-state index in [1.165, 1.54) is 0 Å². The smallest absolute Gasteiger partial charge is 0.240 e. The Labute approximate surface area is 153 Å². The molecular formula is C18H24N2O5S. The maximum Gasteiger partial charge on any atom is 0.240 e. The molecule has 2 N–H and O–H groups in total. The van der Waals surface area contributed by atoms with E-state index in [1.54, 1.807) is 18.2 Å². The minimum Gasteiger partial charge on any atom is -0.489 e. The molecule has 0 bridgehead atoms. The van der Waals surface area contributed by atoms with Crippen molar-refractivity contribution in [3.63, 3.8) is 0 Å². The van der Waals surface area contributed by atoms with E-state index in [4.69, 9.17) is 4.74 Å². The lowest BCUT2D eigenvalue weighted by molar-refractivity contribution is -0.134. The number of anilines is 1. The normalized spacial score (nSPS) is 22.7. The SMILES string of the molecule is CC(C)Oc1ccccc1NC(=O)C1(C(=O)NC2CCS(=O)(=O)C2)CC1. The summed E-state index contributed by atoms with van der Waals surface area (Å²) in [6, 6.07) is 6.68. The van der Waals surface area contributed by atoms with Crippen LogP contribution in [-0.2, 0) is 19.4 Å². The first-order valence-electron chi connectivity index (χ1n) is 8.80. The van der Waals surface area contributed by atoms with Crippen molar-refractivity contribution in [3.8, 4) is 5.75 Å². The van der Waals surface area contributed by atoms with Crippen molar-refractivity contribution in [2.24, 2.45) is 5.41 Å². The van der Waals surface area contributed by atoms with E-state index in [0.717, 1.165) is 0 Å². The van der Waals surface area contributed by atoms with Crippen LogP contribution in [0.3, 0.4) is 0 Å². The van der Waals surface area contributed by atoms with E-state index in [1.807, 2.05) is 19.9 Å². The Balaban J connectivity index is 1.67. The molecule has 1 heterocycles. The van der Waals surface area contributed by atoms with Crippen LogP contribution in [0, 0.1) is 5.41 Å². The first-order valence-corrected chi connectivity index (χ1v) is 10.6. The van der Waals surface area contributed by atoms with Gasteiger partial charge in [0.2, 0.25) is 11.8 Å². The number of sulfone groups is 1. The zero-order chi connectivity index (χ0) is 18.9. The fourth-order valence-corrected chi connectivity index (χ4v) is 4.76. The van der Waals surface area contributed by atoms with Crippen LogP contribution in [0.2, 0.25) is 0 Å². The van der Waals surface area contributed by atoms with Crippen molar-refractivity contribution in [1.82, 2.24) is 5.32 Å². The molecule has 2 fully saturated rings. The molecule has 1 aliphatic heterocycles. The monoisotopic (exact) mass is 380 g/mol. The fraction of sp³-hybridized carbons (Fsp3) is 0.556. The molecule has 1 unspecified atom stereocenters. The number of ether oxygens (including phenoxy) is 1. The molecule has 26 heavy (non-hydrogen) atoms. The van der Waals surface area contributed by atoms with E-state index in [-0.39, 0.29) is 29.4 Å². The van der Waals surface area contributed by atoms with Crippen LogP contribution in [0.1, 0.15) is 33.1 Å². The molecule has 1 atom stereocenters. The lowest BCUT2D eigenvalue weighted by Gasteiger charge is -2.20. The van der Waals surface area contributed by atoms with Crippen LogP contribution in [0.25, 0.3) is 0 Å². The molecule has 0 aromatic heterocycles. The van der Waals surface area contributed by atoms with E-state index in [0.29, 0.717) is 30.7 Å². The standard InChI is InChI=1S/C18H24N2O5S/c1-12(2)25-15-6-4-3-5-14(15)20-17(22)18(8-9-18)16(21)19-13-7-10-26(23,24)11-13/h3-6,12-13H,7-11H2,1-2H3,(H,19,21)(H,20,22). The number of benzene rings is 1.